The predicted octanol–water partition coefficient (Wildman–Crippen LogP) is 3.88. The van der Waals surface area contributed by atoms with Crippen LogP contribution in [0.2, 0.25) is 0 Å². The van der Waals surface area contributed by atoms with Gasteiger partial charge in [0.25, 0.3) is 0 Å². The monoisotopic (exact) mass is 468 g/mol. The summed E-state index contributed by atoms with van der Waals surface area (Å²) >= 11 is 0. The van der Waals surface area contributed by atoms with Gasteiger partial charge in [0.2, 0.25) is 0 Å². The zero-order chi connectivity index (χ0) is 25.0. The maximum absolute atomic E-state index is 5.01. The highest BCUT2D eigenvalue weighted by atomic mass is 15.4. The average Bonchev–Trinajstić information content (AvgIpc) is 2.82. The molecule has 0 amide bonds. The van der Waals surface area contributed by atoms with E-state index < -0.39 is 0 Å². The number of anilines is 1. The fourth-order valence-corrected chi connectivity index (χ4v) is 3.98. The maximum atomic E-state index is 5.01. The average molecular weight is 469 g/mol. The van der Waals surface area contributed by atoms with Crippen molar-refractivity contribution in [2.24, 2.45) is 15.5 Å². The molecule has 8 nitrogen and oxygen atoms in total. The van der Waals surface area contributed by atoms with Crippen LogP contribution in [0.4, 0.5) is 5.82 Å². The van der Waals surface area contributed by atoms with E-state index in [1.165, 1.54) is 18.4 Å². The lowest BCUT2D eigenvalue weighted by atomic mass is 9.82. The third-order valence-corrected chi connectivity index (χ3v) is 5.75. The Labute approximate surface area is 206 Å². The Morgan fingerprint density at radius 2 is 2.18 bits per heavy atom. The summed E-state index contributed by atoms with van der Waals surface area (Å²) < 4.78 is 0. The zero-order valence-electron chi connectivity index (χ0n) is 21.9. The Morgan fingerprint density at radius 1 is 1.38 bits per heavy atom. The second kappa shape index (κ2) is 13.7. The van der Waals surface area contributed by atoms with Crippen LogP contribution in [0.15, 0.2) is 52.8 Å². The summed E-state index contributed by atoms with van der Waals surface area (Å²) in [4.78, 5) is 11.7. The molecule has 2 heterocycles. The van der Waals surface area contributed by atoms with Crippen molar-refractivity contribution in [1.82, 2.24) is 25.9 Å². The summed E-state index contributed by atoms with van der Waals surface area (Å²) in [6.45, 7) is 16.1. The quantitative estimate of drug-likeness (QED) is 0.198. The first-order valence-electron chi connectivity index (χ1n) is 12.3. The molecule has 0 aromatic carbocycles. The molecule has 1 aromatic heterocycles. The van der Waals surface area contributed by atoms with Gasteiger partial charge in [0.15, 0.2) is 5.96 Å². The van der Waals surface area contributed by atoms with Crippen molar-refractivity contribution in [3.63, 3.8) is 0 Å². The number of nitrogens with one attached hydrogen (secondary N) is 3. The normalized spacial score (nSPS) is 18.2. The van der Waals surface area contributed by atoms with Gasteiger partial charge >= 0.3 is 0 Å². The Bertz CT molecular complexity index is 858. The minimum Gasteiger partial charge on any atom is -0.352 e. The van der Waals surface area contributed by atoms with E-state index in [4.69, 9.17) is 4.98 Å². The van der Waals surface area contributed by atoms with Crippen molar-refractivity contribution in [2.75, 3.05) is 45.2 Å². The summed E-state index contributed by atoms with van der Waals surface area (Å²) in [6.07, 6.45) is 8.91. The SMILES string of the molecule is C=CN(C)/N=C\CNC(=NC)N/C=C1\CN(c2cccc(C(C)NCCCC)n2)CC(C)(C)C1. The molecule has 0 aliphatic carbocycles. The van der Waals surface area contributed by atoms with Crippen molar-refractivity contribution < 1.29 is 0 Å². The molecule has 2 rings (SSSR count). The molecule has 0 spiro atoms. The molecule has 34 heavy (non-hydrogen) atoms. The molecule has 3 N–H and O–H groups in total. The molecule has 1 aromatic rings. The molecular weight excluding hydrogens is 424 g/mol. The third-order valence-electron chi connectivity index (χ3n) is 5.75. The van der Waals surface area contributed by atoms with E-state index in [-0.39, 0.29) is 11.5 Å². The number of pyridine rings is 1. The summed E-state index contributed by atoms with van der Waals surface area (Å²) in [5.41, 5.74) is 2.56. The van der Waals surface area contributed by atoms with Crippen LogP contribution < -0.4 is 20.9 Å². The van der Waals surface area contributed by atoms with Crippen LogP contribution in [0.25, 0.3) is 0 Å². The minimum atomic E-state index is 0.146. The summed E-state index contributed by atoms with van der Waals surface area (Å²) in [5.74, 6) is 1.74. The minimum absolute atomic E-state index is 0.146. The van der Waals surface area contributed by atoms with Gasteiger partial charge in [-0.1, -0.05) is 39.8 Å². The first-order chi connectivity index (χ1) is 16.3. The van der Waals surface area contributed by atoms with E-state index in [9.17, 15) is 0 Å². The van der Waals surface area contributed by atoms with E-state index >= 15 is 0 Å². The molecule has 0 radical (unpaired) electrons. The van der Waals surface area contributed by atoms with E-state index in [0.29, 0.717) is 12.5 Å². The number of guanidine groups is 1. The molecule has 1 aliphatic rings. The Morgan fingerprint density at radius 3 is 2.88 bits per heavy atom. The van der Waals surface area contributed by atoms with Gasteiger partial charge in [-0.15, -0.1) is 0 Å². The van der Waals surface area contributed by atoms with Crippen molar-refractivity contribution in [3.05, 3.63) is 48.4 Å². The summed E-state index contributed by atoms with van der Waals surface area (Å²) in [6, 6.07) is 6.60. The predicted molar refractivity (Wildman–Crippen MR) is 145 cm³/mol. The van der Waals surface area contributed by atoms with E-state index in [0.717, 1.165) is 37.6 Å². The Balaban J connectivity index is 2.05. The molecule has 1 fully saturated rings. The van der Waals surface area contributed by atoms with Crippen molar-refractivity contribution in [1.29, 1.82) is 0 Å². The smallest absolute Gasteiger partial charge is 0.195 e. The lowest BCUT2D eigenvalue weighted by Crippen LogP contribution is -2.43. The molecule has 0 saturated carbocycles. The molecule has 8 heteroatoms. The molecule has 1 atom stereocenters. The number of hydrazone groups is 1. The van der Waals surface area contributed by atoms with Gasteiger partial charge in [0.05, 0.1) is 12.2 Å². The van der Waals surface area contributed by atoms with Crippen LogP contribution in [0.3, 0.4) is 0 Å². The van der Waals surface area contributed by atoms with Gasteiger partial charge in [-0.3, -0.25) is 10.0 Å². The van der Waals surface area contributed by atoms with Gasteiger partial charge in [-0.25, -0.2) is 4.98 Å². The lowest BCUT2D eigenvalue weighted by molar-refractivity contribution is 0.335. The van der Waals surface area contributed by atoms with Gasteiger partial charge in [-0.05, 0) is 49.4 Å². The zero-order valence-corrected chi connectivity index (χ0v) is 21.9. The highest BCUT2D eigenvalue weighted by molar-refractivity contribution is 5.83. The molecule has 0 bridgehead atoms. The second-order valence-corrected chi connectivity index (χ2v) is 9.60. The Kier molecular flexibility index (Phi) is 11.1. The fraction of sp³-hybridized carbons (Fsp3) is 0.577. The van der Waals surface area contributed by atoms with E-state index in [2.05, 4.69) is 89.6 Å². The Hall–Kier alpha value is -2.87. The van der Waals surface area contributed by atoms with Crippen LogP contribution >= 0.6 is 0 Å². The standard InChI is InChI=1S/C26H44N8/c1-8-10-14-28-21(3)23-12-11-13-24(32-23)34-19-22(17-26(4,5)20-34)18-30-25(27-6)29-15-16-31-33(7)9-2/h9,11-13,16,18,21,28H,2,8,10,14-15,17,19-20H2,1,3-7H3,(H2,27,29,30)/b22-18-,31-16-. The first-order valence-corrected chi connectivity index (χ1v) is 12.3. The molecule has 1 unspecified atom stereocenters. The molecular formula is C26H44N8. The number of unbranched alkanes of at least 4 members (excludes halogenated alkanes) is 1. The first kappa shape index (κ1) is 27.4. The number of aromatic nitrogens is 1. The van der Waals surface area contributed by atoms with Crippen LogP contribution in [0.5, 0.6) is 0 Å². The van der Waals surface area contributed by atoms with Gasteiger partial charge in [-0.2, -0.15) is 5.10 Å². The number of nitrogens with zero attached hydrogens (tertiary/aromatic N) is 5. The molecule has 188 valence electrons. The fourth-order valence-electron chi connectivity index (χ4n) is 3.98. The van der Waals surface area contributed by atoms with Crippen LogP contribution in [-0.4, -0.2) is 62.4 Å². The number of hydrogen-bond acceptors (Lipinski definition) is 6. The van der Waals surface area contributed by atoms with Crippen LogP contribution in [0, 0.1) is 5.41 Å². The van der Waals surface area contributed by atoms with Gasteiger partial charge in [0.1, 0.15) is 5.82 Å². The van der Waals surface area contributed by atoms with Crippen LogP contribution in [-0.2, 0) is 0 Å². The highest BCUT2D eigenvalue weighted by Gasteiger charge is 2.30. The molecule has 1 saturated heterocycles. The number of rotatable bonds is 11. The maximum Gasteiger partial charge on any atom is 0.195 e. The van der Waals surface area contributed by atoms with Crippen molar-refractivity contribution in [2.45, 2.75) is 53.0 Å². The summed E-state index contributed by atoms with van der Waals surface area (Å²) in [7, 11) is 3.61. The molecule has 1 aliphatic heterocycles. The van der Waals surface area contributed by atoms with E-state index in [1.807, 2.05) is 7.05 Å². The van der Waals surface area contributed by atoms with Crippen LogP contribution in [0.1, 0.15) is 58.7 Å². The number of piperidine rings is 1. The highest BCUT2D eigenvalue weighted by Crippen LogP contribution is 2.34. The third kappa shape index (κ3) is 9.17. The van der Waals surface area contributed by atoms with E-state index in [1.54, 1.807) is 24.5 Å². The summed E-state index contributed by atoms with van der Waals surface area (Å²) in [5, 5.41) is 16.0. The largest absolute Gasteiger partial charge is 0.352 e. The second-order valence-electron chi connectivity index (χ2n) is 9.60. The van der Waals surface area contributed by atoms with Crippen molar-refractivity contribution in [3.8, 4) is 0 Å². The number of hydrogen-bond donors (Lipinski definition) is 3. The number of aliphatic imine (C=N–C) groups is 1. The van der Waals surface area contributed by atoms with Gasteiger partial charge in [0, 0.05) is 51.8 Å². The lowest BCUT2D eigenvalue weighted by Gasteiger charge is -2.40. The van der Waals surface area contributed by atoms with Crippen molar-refractivity contribution >= 4 is 18.0 Å². The topological polar surface area (TPSA) is 80.2 Å². The van der Waals surface area contributed by atoms with Gasteiger partial charge < -0.3 is 20.9 Å².